The molecule has 0 saturated carbocycles. The summed E-state index contributed by atoms with van der Waals surface area (Å²) >= 11 is 0. The molecule has 0 aliphatic rings. The molecule has 1 atom stereocenters. The van der Waals surface area contributed by atoms with Crippen molar-refractivity contribution < 1.29 is 28.6 Å². The van der Waals surface area contributed by atoms with Crippen LogP contribution in [0.4, 0.5) is 0 Å². The van der Waals surface area contributed by atoms with Gasteiger partial charge in [-0.25, -0.2) is 0 Å². The van der Waals surface area contributed by atoms with Gasteiger partial charge in [-0.3, -0.25) is 14.4 Å². The van der Waals surface area contributed by atoms with Gasteiger partial charge in [-0.05, 0) is 141 Å². The number of unbranched alkanes of at least 4 members (excludes halogenated alkanes) is 20. The molecule has 466 valence electrons. The van der Waals surface area contributed by atoms with E-state index in [1.54, 1.807) is 0 Å². The van der Waals surface area contributed by atoms with Crippen LogP contribution in [0.1, 0.15) is 278 Å². The predicted octanol–water partition coefficient (Wildman–Crippen LogP) is 23.4. The molecule has 6 heteroatoms. The number of ether oxygens (including phenoxy) is 3. The average molecular weight is 1140 g/mol. The monoisotopic (exact) mass is 1140 g/mol. The summed E-state index contributed by atoms with van der Waals surface area (Å²) in [6.45, 7) is 6.23. The number of esters is 3. The van der Waals surface area contributed by atoms with Crippen molar-refractivity contribution in [3.63, 3.8) is 0 Å². The van der Waals surface area contributed by atoms with E-state index < -0.39 is 6.10 Å². The average Bonchev–Trinajstić information content (AvgIpc) is 3.49. The fraction of sp³-hybridized carbons (Fsp3) is 0.597. The molecule has 83 heavy (non-hydrogen) atoms. The van der Waals surface area contributed by atoms with E-state index in [1.165, 1.54) is 83.5 Å². The highest BCUT2D eigenvalue weighted by atomic mass is 16.6. The van der Waals surface area contributed by atoms with Crippen LogP contribution in [0.15, 0.2) is 170 Å². The van der Waals surface area contributed by atoms with E-state index in [9.17, 15) is 14.4 Å². The second-order valence-corrected chi connectivity index (χ2v) is 21.6. The minimum Gasteiger partial charge on any atom is -0.462 e. The molecule has 0 saturated heterocycles. The van der Waals surface area contributed by atoms with Crippen LogP contribution in [-0.4, -0.2) is 37.2 Å². The summed E-state index contributed by atoms with van der Waals surface area (Å²) < 4.78 is 16.9. The first-order valence-electron chi connectivity index (χ1n) is 33.6. The Balaban J connectivity index is 4.37. The van der Waals surface area contributed by atoms with Crippen LogP contribution in [0.5, 0.6) is 0 Å². The van der Waals surface area contributed by atoms with Gasteiger partial charge in [-0.2, -0.15) is 0 Å². The molecule has 1 unspecified atom stereocenters. The Morgan fingerprint density at radius 3 is 0.711 bits per heavy atom. The van der Waals surface area contributed by atoms with Crippen LogP contribution >= 0.6 is 0 Å². The highest BCUT2D eigenvalue weighted by Gasteiger charge is 2.19. The first-order chi connectivity index (χ1) is 41.0. The molecule has 0 heterocycles. The Kier molecular flexibility index (Phi) is 64.9. The Bertz CT molecular complexity index is 1890. The summed E-state index contributed by atoms with van der Waals surface area (Å²) in [6, 6.07) is 0. The van der Waals surface area contributed by atoms with Crippen molar-refractivity contribution in [1.82, 2.24) is 0 Å². The van der Waals surface area contributed by atoms with Gasteiger partial charge < -0.3 is 14.2 Å². The van der Waals surface area contributed by atoms with Crippen molar-refractivity contribution in [3.8, 4) is 0 Å². The first-order valence-corrected chi connectivity index (χ1v) is 33.6. The molecule has 0 spiro atoms. The maximum atomic E-state index is 12.9. The van der Waals surface area contributed by atoms with Gasteiger partial charge in [0.25, 0.3) is 0 Å². The number of carbonyl (C=O) groups is 3. The minimum atomic E-state index is -0.827. The molecule has 0 aromatic rings. The number of rotatable bonds is 59. The lowest BCUT2D eigenvalue weighted by Gasteiger charge is -2.18. The number of carbonyl (C=O) groups excluding carboxylic acids is 3. The van der Waals surface area contributed by atoms with Crippen molar-refractivity contribution in [2.45, 2.75) is 284 Å². The van der Waals surface area contributed by atoms with E-state index >= 15 is 0 Å². The maximum absolute atomic E-state index is 12.9. The maximum Gasteiger partial charge on any atom is 0.306 e. The molecular weight excluding hydrogens is 1020 g/mol. The Morgan fingerprint density at radius 2 is 0.446 bits per heavy atom. The quantitative estimate of drug-likeness (QED) is 0.0261. The van der Waals surface area contributed by atoms with E-state index in [0.717, 1.165) is 148 Å². The SMILES string of the molecule is CC/C=C\C/C=C\C/C=C\C/C=C\C/C=C\CCCCCCCCCCCCCCCCCC(=O)OCC(COC(=O)CCCCCC/C=C\C/C=C\C/C=C\C/C=C\CC)OC(=O)CCC/C=C\C/C=C\C/C=C\C/C=C\C/C=C\CC. The summed E-state index contributed by atoms with van der Waals surface area (Å²) in [5, 5.41) is 0. The third kappa shape index (κ3) is 67.4. The van der Waals surface area contributed by atoms with E-state index in [4.69, 9.17) is 14.2 Å². The molecule has 0 N–H and O–H groups in total. The number of hydrogen-bond donors (Lipinski definition) is 0. The smallest absolute Gasteiger partial charge is 0.306 e. The number of allylic oxidation sites excluding steroid dienone is 28. The van der Waals surface area contributed by atoms with Crippen molar-refractivity contribution >= 4 is 17.9 Å². The lowest BCUT2D eigenvalue weighted by atomic mass is 10.0. The zero-order chi connectivity index (χ0) is 59.9. The van der Waals surface area contributed by atoms with Gasteiger partial charge in [-0.15, -0.1) is 0 Å². The fourth-order valence-electron chi connectivity index (χ4n) is 8.79. The summed E-state index contributed by atoms with van der Waals surface area (Å²) in [5.74, 6) is -1.000. The van der Waals surface area contributed by atoms with Crippen molar-refractivity contribution in [1.29, 1.82) is 0 Å². The molecule has 0 amide bonds. The summed E-state index contributed by atoms with van der Waals surface area (Å²) in [6.07, 6.45) is 102. The molecular formula is C77H122O6. The zero-order valence-corrected chi connectivity index (χ0v) is 53.4. The minimum absolute atomic E-state index is 0.115. The summed E-state index contributed by atoms with van der Waals surface area (Å²) in [7, 11) is 0. The first kappa shape index (κ1) is 77.8. The highest BCUT2D eigenvalue weighted by Crippen LogP contribution is 2.16. The molecule has 0 aromatic carbocycles. The third-order valence-corrected chi connectivity index (χ3v) is 13.7. The highest BCUT2D eigenvalue weighted by molar-refractivity contribution is 5.71. The molecule has 6 nitrogen and oxygen atoms in total. The molecule has 0 rings (SSSR count). The summed E-state index contributed by atoms with van der Waals surface area (Å²) in [4.78, 5) is 38.4. The van der Waals surface area contributed by atoms with Crippen molar-refractivity contribution in [2.24, 2.45) is 0 Å². The second-order valence-electron chi connectivity index (χ2n) is 21.6. The molecule has 0 aliphatic heterocycles. The number of hydrogen-bond acceptors (Lipinski definition) is 6. The van der Waals surface area contributed by atoms with E-state index in [2.05, 4.69) is 191 Å². The van der Waals surface area contributed by atoms with Crippen LogP contribution in [0, 0.1) is 0 Å². The molecule has 0 aliphatic carbocycles. The molecule has 0 aromatic heterocycles. The Hall–Kier alpha value is -5.23. The van der Waals surface area contributed by atoms with Gasteiger partial charge in [0, 0.05) is 19.3 Å². The zero-order valence-electron chi connectivity index (χ0n) is 53.4. The predicted molar refractivity (Wildman–Crippen MR) is 361 cm³/mol. The van der Waals surface area contributed by atoms with Gasteiger partial charge in [0.1, 0.15) is 13.2 Å². The largest absolute Gasteiger partial charge is 0.462 e. The van der Waals surface area contributed by atoms with E-state index in [-0.39, 0.29) is 37.5 Å². The standard InChI is InChI=1S/C77H122O6/c1-4-7-10-13-16-19-22-25-28-31-32-33-34-35-36-37-38-39-40-41-42-43-44-47-49-52-55-58-61-64-67-70-76(79)82-73-74(83-77(80)71-68-65-62-59-56-53-50-46-30-27-24-21-18-15-12-9-6-3)72-81-75(78)69-66-63-60-57-54-51-48-45-29-26-23-20-17-14-11-8-5-2/h7-12,16-21,25-30,32-33,35-36,48,50-51,53,59,62,74H,4-6,13-15,22-24,31,34,37-47,49,52,54-58,60-61,63-73H2,1-3H3/b10-7-,11-8-,12-9-,19-16-,20-17-,21-18-,28-25-,29-26-,30-27-,33-32-,36-35-,51-48-,53-50-,62-59-. The Labute approximate surface area is 511 Å². The van der Waals surface area contributed by atoms with Crippen LogP contribution < -0.4 is 0 Å². The Morgan fingerprint density at radius 1 is 0.241 bits per heavy atom. The second kappa shape index (κ2) is 69.3. The molecule has 0 bridgehead atoms. The normalized spacial score (nSPS) is 13.2. The van der Waals surface area contributed by atoms with Gasteiger partial charge in [0.2, 0.25) is 0 Å². The van der Waals surface area contributed by atoms with Crippen LogP contribution in [0.25, 0.3) is 0 Å². The van der Waals surface area contributed by atoms with E-state index in [1.807, 2.05) is 0 Å². The molecule has 0 fully saturated rings. The van der Waals surface area contributed by atoms with Gasteiger partial charge in [0.05, 0.1) is 0 Å². The lowest BCUT2D eigenvalue weighted by molar-refractivity contribution is -0.167. The van der Waals surface area contributed by atoms with Crippen LogP contribution in [0.3, 0.4) is 0 Å². The van der Waals surface area contributed by atoms with Gasteiger partial charge in [0.15, 0.2) is 6.10 Å². The lowest BCUT2D eigenvalue weighted by Crippen LogP contribution is -2.30. The van der Waals surface area contributed by atoms with E-state index in [0.29, 0.717) is 19.3 Å². The third-order valence-electron chi connectivity index (χ3n) is 13.7. The van der Waals surface area contributed by atoms with Crippen molar-refractivity contribution in [2.75, 3.05) is 13.2 Å². The van der Waals surface area contributed by atoms with Crippen LogP contribution in [0.2, 0.25) is 0 Å². The topological polar surface area (TPSA) is 78.9 Å². The molecule has 0 radical (unpaired) electrons. The van der Waals surface area contributed by atoms with Crippen molar-refractivity contribution in [3.05, 3.63) is 170 Å². The van der Waals surface area contributed by atoms with Gasteiger partial charge in [-0.1, -0.05) is 287 Å². The van der Waals surface area contributed by atoms with Gasteiger partial charge >= 0.3 is 17.9 Å². The fourth-order valence-corrected chi connectivity index (χ4v) is 8.79. The van der Waals surface area contributed by atoms with Crippen LogP contribution in [-0.2, 0) is 28.6 Å². The summed E-state index contributed by atoms with van der Waals surface area (Å²) in [5.41, 5.74) is 0.